The molecule has 1 heterocycles. The third-order valence-electron chi connectivity index (χ3n) is 5.59. The van der Waals surface area contributed by atoms with Gasteiger partial charge in [-0.1, -0.05) is 19.4 Å². The molecule has 5 nitrogen and oxygen atoms in total. The van der Waals surface area contributed by atoms with E-state index in [9.17, 15) is 5.11 Å². The van der Waals surface area contributed by atoms with Gasteiger partial charge < -0.3 is 15.2 Å². The Labute approximate surface area is 150 Å². The first-order valence-corrected chi connectivity index (χ1v) is 9.07. The van der Waals surface area contributed by atoms with Crippen LogP contribution < -0.4 is 10.1 Å². The average Bonchev–Trinajstić information content (AvgIpc) is 3.25. The van der Waals surface area contributed by atoms with E-state index in [0.717, 1.165) is 24.2 Å². The number of nitrogens with zero attached hydrogens (tertiary/aromatic N) is 2. The van der Waals surface area contributed by atoms with Crippen molar-refractivity contribution < 1.29 is 9.84 Å². The summed E-state index contributed by atoms with van der Waals surface area (Å²) in [5, 5.41) is 17.8. The second kappa shape index (κ2) is 7.58. The van der Waals surface area contributed by atoms with Gasteiger partial charge in [-0.25, -0.2) is 0 Å². The van der Waals surface area contributed by atoms with Crippen LogP contribution in [0.5, 0.6) is 5.75 Å². The second-order valence-electron chi connectivity index (χ2n) is 7.42. The van der Waals surface area contributed by atoms with Crippen molar-refractivity contribution in [1.82, 2.24) is 15.1 Å². The van der Waals surface area contributed by atoms with Crippen LogP contribution in [0.1, 0.15) is 50.3 Å². The molecule has 1 aromatic heterocycles. The van der Waals surface area contributed by atoms with Gasteiger partial charge >= 0.3 is 0 Å². The van der Waals surface area contributed by atoms with Crippen molar-refractivity contribution in [3.63, 3.8) is 0 Å². The molecular weight excluding hydrogens is 314 g/mol. The van der Waals surface area contributed by atoms with Crippen LogP contribution in [0.2, 0.25) is 0 Å². The molecule has 2 aromatic rings. The lowest BCUT2D eigenvalue weighted by Crippen LogP contribution is -2.42. The molecule has 0 saturated heterocycles. The van der Waals surface area contributed by atoms with Crippen LogP contribution in [-0.4, -0.2) is 34.6 Å². The smallest absolute Gasteiger partial charge is 0.123 e. The minimum absolute atomic E-state index is 0.0153. The number of nitrogens with one attached hydrogen (secondary N) is 1. The third-order valence-corrected chi connectivity index (χ3v) is 5.59. The molecular formula is C20H29N3O2. The summed E-state index contributed by atoms with van der Waals surface area (Å²) >= 11 is 0. The molecule has 0 radical (unpaired) electrons. The lowest BCUT2D eigenvalue weighted by Gasteiger charge is -2.33. The molecule has 5 heteroatoms. The van der Waals surface area contributed by atoms with E-state index in [-0.39, 0.29) is 18.1 Å². The van der Waals surface area contributed by atoms with E-state index in [1.807, 2.05) is 23.0 Å². The van der Waals surface area contributed by atoms with Crippen molar-refractivity contribution in [1.29, 1.82) is 0 Å². The van der Waals surface area contributed by atoms with Crippen molar-refractivity contribution in [2.75, 3.05) is 13.7 Å². The molecule has 2 N–H and O–H groups in total. The van der Waals surface area contributed by atoms with E-state index >= 15 is 0 Å². The normalized spacial score (nSPS) is 24.4. The minimum atomic E-state index is -0.0153. The van der Waals surface area contributed by atoms with Gasteiger partial charge in [0.25, 0.3) is 0 Å². The Kier molecular flexibility index (Phi) is 5.45. The fourth-order valence-corrected chi connectivity index (χ4v) is 3.86. The maximum Gasteiger partial charge on any atom is 0.123 e. The Morgan fingerprint density at radius 3 is 3.00 bits per heavy atom. The topological polar surface area (TPSA) is 59.3 Å². The van der Waals surface area contributed by atoms with E-state index < -0.39 is 0 Å². The summed E-state index contributed by atoms with van der Waals surface area (Å²) in [5.74, 6) is 0.882. The Hall–Kier alpha value is -1.85. The quantitative estimate of drug-likeness (QED) is 0.811. The summed E-state index contributed by atoms with van der Waals surface area (Å²) in [7, 11) is 1.70. The molecule has 25 heavy (non-hydrogen) atoms. The number of ether oxygens (including phenoxy) is 1. The van der Waals surface area contributed by atoms with Gasteiger partial charge in [-0.15, -0.1) is 0 Å². The number of aromatic nitrogens is 2. The van der Waals surface area contributed by atoms with Crippen molar-refractivity contribution in [2.45, 2.75) is 51.7 Å². The summed E-state index contributed by atoms with van der Waals surface area (Å²) in [6.45, 7) is 5.30. The molecule has 3 rings (SSSR count). The van der Waals surface area contributed by atoms with Crippen molar-refractivity contribution in [3.05, 3.63) is 47.8 Å². The molecule has 0 aliphatic heterocycles. The molecule has 0 spiro atoms. The first-order chi connectivity index (χ1) is 12.1. The average molecular weight is 343 g/mol. The van der Waals surface area contributed by atoms with E-state index in [0.29, 0.717) is 12.6 Å². The molecule has 136 valence electrons. The molecule has 1 aliphatic rings. The minimum Gasteiger partial charge on any atom is -0.496 e. The highest BCUT2D eigenvalue weighted by atomic mass is 16.5. The van der Waals surface area contributed by atoms with E-state index in [1.165, 1.54) is 12.0 Å². The van der Waals surface area contributed by atoms with Crippen LogP contribution in [0.4, 0.5) is 0 Å². The van der Waals surface area contributed by atoms with Gasteiger partial charge in [0.1, 0.15) is 5.75 Å². The predicted molar refractivity (Wildman–Crippen MR) is 98.7 cm³/mol. The standard InChI is InChI=1S/C20H29N3O2/c1-15(22-19-6-4-9-20(19,2)14-24)16-7-8-18(25-3)17(12-16)13-23-11-5-10-21-23/h5,7-8,10-12,15,19,22,24H,4,6,9,13-14H2,1-3H3. The largest absolute Gasteiger partial charge is 0.496 e. The van der Waals surface area contributed by atoms with Gasteiger partial charge in [0.2, 0.25) is 0 Å². The van der Waals surface area contributed by atoms with E-state index in [4.69, 9.17) is 4.74 Å². The van der Waals surface area contributed by atoms with Crippen molar-refractivity contribution >= 4 is 0 Å². The van der Waals surface area contributed by atoms with E-state index in [1.54, 1.807) is 13.3 Å². The summed E-state index contributed by atoms with van der Waals surface area (Å²) in [6.07, 6.45) is 7.13. The van der Waals surface area contributed by atoms with Crippen LogP contribution in [0.25, 0.3) is 0 Å². The molecule has 1 aliphatic carbocycles. The SMILES string of the molecule is COc1ccc(C(C)NC2CCCC2(C)CO)cc1Cn1cccn1. The first-order valence-electron chi connectivity index (χ1n) is 9.07. The summed E-state index contributed by atoms with van der Waals surface area (Å²) in [6, 6.07) is 8.85. The molecule has 0 bridgehead atoms. The highest BCUT2D eigenvalue weighted by Gasteiger charge is 2.38. The van der Waals surface area contributed by atoms with Crippen molar-refractivity contribution in [2.24, 2.45) is 5.41 Å². The maximum atomic E-state index is 9.77. The van der Waals surface area contributed by atoms with Crippen LogP contribution >= 0.6 is 0 Å². The fraction of sp³-hybridized carbons (Fsp3) is 0.550. The van der Waals surface area contributed by atoms with Crippen LogP contribution in [-0.2, 0) is 6.54 Å². The Morgan fingerprint density at radius 1 is 1.48 bits per heavy atom. The zero-order valence-corrected chi connectivity index (χ0v) is 15.4. The predicted octanol–water partition coefficient (Wildman–Crippen LogP) is 3.14. The zero-order chi connectivity index (χ0) is 17.9. The highest BCUT2D eigenvalue weighted by molar-refractivity contribution is 5.38. The highest BCUT2D eigenvalue weighted by Crippen LogP contribution is 2.38. The molecule has 1 saturated carbocycles. The van der Waals surface area contributed by atoms with Gasteiger partial charge in [0.05, 0.1) is 13.7 Å². The zero-order valence-electron chi connectivity index (χ0n) is 15.4. The molecule has 3 unspecified atom stereocenters. The number of aliphatic hydroxyl groups is 1. The Bertz CT molecular complexity index is 686. The molecule has 1 fully saturated rings. The third kappa shape index (κ3) is 3.88. The summed E-state index contributed by atoms with van der Waals surface area (Å²) in [4.78, 5) is 0. The number of aliphatic hydroxyl groups excluding tert-OH is 1. The van der Waals surface area contributed by atoms with Gasteiger partial charge in [0.15, 0.2) is 0 Å². The maximum absolute atomic E-state index is 9.77. The number of methoxy groups -OCH3 is 1. The number of hydrogen-bond acceptors (Lipinski definition) is 4. The second-order valence-corrected chi connectivity index (χ2v) is 7.42. The summed E-state index contributed by atoms with van der Waals surface area (Å²) < 4.78 is 7.42. The molecule has 3 atom stereocenters. The van der Waals surface area contributed by atoms with Gasteiger partial charge in [-0.3, -0.25) is 4.68 Å². The fourth-order valence-electron chi connectivity index (χ4n) is 3.86. The van der Waals surface area contributed by atoms with Gasteiger partial charge in [0, 0.05) is 42.1 Å². The monoisotopic (exact) mass is 343 g/mol. The van der Waals surface area contributed by atoms with Gasteiger partial charge in [-0.2, -0.15) is 5.10 Å². The van der Waals surface area contributed by atoms with Crippen LogP contribution in [0.3, 0.4) is 0 Å². The molecule has 1 aromatic carbocycles. The van der Waals surface area contributed by atoms with E-state index in [2.05, 4.69) is 36.4 Å². The molecule has 0 amide bonds. The van der Waals surface area contributed by atoms with Gasteiger partial charge in [-0.05, 0) is 43.5 Å². The van der Waals surface area contributed by atoms with Crippen LogP contribution in [0.15, 0.2) is 36.7 Å². The Morgan fingerprint density at radius 2 is 2.32 bits per heavy atom. The lowest BCUT2D eigenvalue weighted by molar-refractivity contribution is 0.114. The summed E-state index contributed by atoms with van der Waals surface area (Å²) in [5.41, 5.74) is 2.34. The van der Waals surface area contributed by atoms with Crippen molar-refractivity contribution in [3.8, 4) is 5.75 Å². The first kappa shape index (κ1) is 18.0. The number of rotatable bonds is 7. The van der Waals surface area contributed by atoms with Crippen LogP contribution in [0, 0.1) is 5.41 Å². The number of hydrogen-bond donors (Lipinski definition) is 2. The lowest BCUT2D eigenvalue weighted by atomic mass is 9.85. The number of benzene rings is 1. The Balaban J connectivity index is 1.77.